The van der Waals surface area contributed by atoms with Gasteiger partial charge in [0.15, 0.2) is 8.32 Å². The van der Waals surface area contributed by atoms with E-state index in [0.29, 0.717) is 80.6 Å². The van der Waals surface area contributed by atoms with Gasteiger partial charge in [0.05, 0.1) is 79.3 Å². The number of phenols is 1. The van der Waals surface area contributed by atoms with E-state index in [1.54, 1.807) is 7.11 Å². The Bertz CT molecular complexity index is 2700. The van der Waals surface area contributed by atoms with E-state index < -0.39 is 8.32 Å². The van der Waals surface area contributed by atoms with Crippen molar-refractivity contribution in [3.63, 3.8) is 0 Å². The summed E-state index contributed by atoms with van der Waals surface area (Å²) in [4.78, 5) is 0. The van der Waals surface area contributed by atoms with Crippen molar-refractivity contribution in [1.82, 2.24) is 0 Å². The molecule has 10 heteroatoms. The molecule has 6 fully saturated rings. The number of hydrogen-bond donors (Lipinski definition) is 1. The molecule has 10 aliphatic rings. The minimum Gasteiger partial charge on any atom is -0.507 e. The predicted octanol–water partition coefficient (Wildman–Crippen LogP) is 18.0. The van der Waals surface area contributed by atoms with E-state index >= 15 is 0 Å². The summed E-state index contributed by atoms with van der Waals surface area (Å²) in [5.41, 5.74) is 9.76. The highest BCUT2D eigenvalue weighted by Crippen LogP contribution is 2.55. The monoisotopic (exact) mass is 1260 g/mol. The number of ether oxygens (including phenoxy) is 7. The highest BCUT2D eigenvalue weighted by atomic mass is 28.4. The number of aromatic hydroxyl groups is 1. The van der Waals surface area contributed by atoms with Crippen molar-refractivity contribution in [2.75, 3.05) is 93.0 Å². The molecule has 2 aromatic carbocycles. The van der Waals surface area contributed by atoms with Crippen molar-refractivity contribution < 1.29 is 42.7 Å². The van der Waals surface area contributed by atoms with Crippen LogP contribution in [0.15, 0.2) is 72.9 Å². The first-order valence-electron chi connectivity index (χ1n) is 35.9. The van der Waals surface area contributed by atoms with Crippen molar-refractivity contribution in [2.24, 2.45) is 76.4 Å². The summed E-state index contributed by atoms with van der Waals surface area (Å²) in [7, 11) is 0.183. The molecular weight excluding hydrogens is 1130 g/mol. The number of benzene rings is 2. The molecular formula is C80H126O9Si. The SMILES string of the molecule is C1=CC2CC1CC2COCC1CO1.CCC1(CO[Si](C)(C)CCC2CC3C=CC2C3)COC1.COCCOCCOCCOCC1CC2C=CC1C2.Cc1cc(C(c2cc(C(C)(C)C)c(C(C)(C)C)c(C(C)(C)C)c2)C2CC3C=CC2C3)cc(C(C)(C)C)c1O. The largest absolute Gasteiger partial charge is 0.507 e. The third-order valence-electron chi connectivity index (χ3n) is 22.4. The third kappa shape index (κ3) is 19.0. The van der Waals surface area contributed by atoms with Gasteiger partial charge in [0.1, 0.15) is 11.9 Å². The molecule has 9 nitrogen and oxygen atoms in total. The summed E-state index contributed by atoms with van der Waals surface area (Å²) in [5, 5.41) is 11.1. The first-order chi connectivity index (χ1) is 42.5. The zero-order chi connectivity index (χ0) is 64.8. The minimum atomic E-state index is -1.49. The van der Waals surface area contributed by atoms with E-state index in [1.165, 1.54) is 98.1 Å². The van der Waals surface area contributed by atoms with Crippen molar-refractivity contribution >= 4 is 8.32 Å². The lowest BCUT2D eigenvalue weighted by Gasteiger charge is -2.42. The predicted molar refractivity (Wildman–Crippen MR) is 373 cm³/mol. The van der Waals surface area contributed by atoms with Gasteiger partial charge >= 0.3 is 0 Å². The van der Waals surface area contributed by atoms with Crippen molar-refractivity contribution in [3.05, 3.63) is 112 Å². The van der Waals surface area contributed by atoms with Crippen LogP contribution >= 0.6 is 0 Å². The van der Waals surface area contributed by atoms with Crippen molar-refractivity contribution in [1.29, 1.82) is 0 Å². The molecule has 14 unspecified atom stereocenters. The first kappa shape index (κ1) is 71.4. The molecule has 2 heterocycles. The van der Waals surface area contributed by atoms with Crippen LogP contribution in [0.1, 0.15) is 199 Å². The van der Waals surface area contributed by atoms with Crippen LogP contribution in [-0.2, 0) is 59.2 Å². The fourth-order valence-electron chi connectivity index (χ4n) is 16.8. The molecule has 0 amide bonds. The molecule has 1 N–H and O–H groups in total. The molecule has 14 atom stereocenters. The molecule has 4 saturated carbocycles. The molecule has 0 radical (unpaired) electrons. The van der Waals surface area contributed by atoms with E-state index in [-0.39, 0.29) is 21.7 Å². The van der Waals surface area contributed by atoms with Gasteiger partial charge in [0.2, 0.25) is 0 Å². The van der Waals surface area contributed by atoms with Crippen molar-refractivity contribution in [2.45, 2.75) is 214 Å². The summed E-state index contributed by atoms with van der Waals surface area (Å²) in [6, 6.07) is 11.1. The Labute approximate surface area is 549 Å². The zero-order valence-corrected chi connectivity index (χ0v) is 60.7. The number of epoxide rings is 1. The Balaban J connectivity index is 0.000000155. The molecule has 8 bridgehead atoms. The van der Waals surface area contributed by atoms with Crippen LogP contribution in [0, 0.1) is 83.4 Å². The van der Waals surface area contributed by atoms with E-state index in [9.17, 15) is 5.11 Å². The normalized spacial score (nSPS) is 29.9. The van der Waals surface area contributed by atoms with Gasteiger partial charge in [-0.2, -0.15) is 0 Å². The van der Waals surface area contributed by atoms with Gasteiger partial charge in [-0.15, -0.1) is 0 Å². The van der Waals surface area contributed by atoms with E-state index in [4.69, 9.17) is 37.6 Å². The summed E-state index contributed by atoms with van der Waals surface area (Å²) in [6.45, 7) is 47.4. The second-order valence-corrected chi connectivity index (χ2v) is 38.8. The van der Waals surface area contributed by atoms with Crippen LogP contribution in [-0.4, -0.2) is 113 Å². The van der Waals surface area contributed by atoms with Crippen LogP contribution in [0.3, 0.4) is 0 Å². The second-order valence-electron chi connectivity index (χ2n) is 34.5. The summed E-state index contributed by atoms with van der Waals surface area (Å²) >= 11 is 0. The number of methoxy groups -OCH3 is 1. The highest BCUT2D eigenvalue weighted by molar-refractivity contribution is 6.71. The number of hydrogen-bond acceptors (Lipinski definition) is 9. The number of aryl methyl sites for hydroxylation is 1. The lowest BCUT2D eigenvalue weighted by Crippen LogP contribution is -2.48. The van der Waals surface area contributed by atoms with E-state index in [0.717, 1.165) is 111 Å². The van der Waals surface area contributed by atoms with Crippen molar-refractivity contribution in [3.8, 4) is 5.75 Å². The maximum Gasteiger partial charge on any atom is 0.186 e. The molecule has 504 valence electrons. The first-order valence-corrected chi connectivity index (χ1v) is 39.0. The Morgan fingerprint density at radius 2 is 1.00 bits per heavy atom. The van der Waals surface area contributed by atoms with Gasteiger partial charge in [0, 0.05) is 25.0 Å². The Kier molecular flexibility index (Phi) is 24.2. The van der Waals surface area contributed by atoms with Crippen LogP contribution in [0.2, 0.25) is 19.1 Å². The van der Waals surface area contributed by atoms with Gasteiger partial charge in [-0.1, -0.05) is 169 Å². The molecule has 90 heavy (non-hydrogen) atoms. The smallest absolute Gasteiger partial charge is 0.186 e. The van der Waals surface area contributed by atoms with Crippen LogP contribution in [0.25, 0.3) is 0 Å². The molecule has 12 rings (SSSR count). The third-order valence-corrected chi connectivity index (χ3v) is 24.8. The van der Waals surface area contributed by atoms with Gasteiger partial charge in [-0.05, 0) is 215 Å². The lowest BCUT2D eigenvalue weighted by molar-refractivity contribution is -0.135. The Morgan fingerprint density at radius 1 is 0.544 bits per heavy atom. The van der Waals surface area contributed by atoms with Gasteiger partial charge < -0.3 is 42.7 Å². The standard InChI is InChI=1S/C37H54O.C17H30O2Si.C15H26O4.C11H16O2/c1-22-16-25(21-30(33(22)38)36(8,9)10)31(27-18-23-14-15-24(27)17-23)26-19-28(34(2,3)4)32(37(11,12)13)29(20-26)35(5,6)7;1-4-17(11-18-12-17)13-19-20(2,3)8-7-16-10-14-5-6-15(16)9-14;1-16-4-5-17-6-7-18-8-9-19-12-15-11-13-2-3-14(15)10-13;1-2-9-3-8(1)4-10(9)5-12-6-11-7-13-11/h14-16,19-21,23-24,27,31,38H,17-18H2,1-13H3;5-6,14-16H,4,7-13H2,1-3H3;2-3,13-15H,4-12H2,1H3;1-2,8-11H,3-7H2. The van der Waals surface area contributed by atoms with Gasteiger partial charge in [0.25, 0.3) is 0 Å². The molecule has 2 aliphatic heterocycles. The molecule has 2 saturated heterocycles. The minimum absolute atomic E-state index is 0.0409. The molecule has 0 spiro atoms. The average molecular weight is 1260 g/mol. The number of phenolic OH excluding ortho intramolecular Hbond substituents is 1. The summed E-state index contributed by atoms with van der Waals surface area (Å²) < 4.78 is 43.8. The fourth-order valence-corrected chi connectivity index (χ4v) is 18.7. The number of allylic oxidation sites excluding steroid dienone is 8. The summed E-state index contributed by atoms with van der Waals surface area (Å²) in [6.07, 6.45) is 33.2. The number of fused-ring (bicyclic) bond motifs is 8. The van der Waals surface area contributed by atoms with Gasteiger partial charge in [-0.25, -0.2) is 0 Å². The maximum absolute atomic E-state index is 11.1. The molecule has 0 aromatic heterocycles. The highest BCUT2D eigenvalue weighted by Gasteiger charge is 2.45. The van der Waals surface area contributed by atoms with Crippen LogP contribution in [0.4, 0.5) is 0 Å². The van der Waals surface area contributed by atoms with E-state index in [2.05, 4.69) is 183 Å². The second kappa shape index (κ2) is 30.4. The number of rotatable bonds is 25. The molecule has 2 aromatic rings. The van der Waals surface area contributed by atoms with Crippen LogP contribution in [0.5, 0.6) is 5.75 Å². The molecule has 8 aliphatic carbocycles. The Hall–Kier alpha value is -2.90. The summed E-state index contributed by atoms with van der Waals surface area (Å²) in [5.74, 6) is 10.3. The van der Waals surface area contributed by atoms with Gasteiger partial charge in [-0.3, -0.25) is 0 Å². The van der Waals surface area contributed by atoms with Crippen LogP contribution < -0.4 is 0 Å². The quantitative estimate of drug-likeness (QED) is 0.0451. The Morgan fingerprint density at radius 3 is 1.41 bits per heavy atom. The zero-order valence-electron chi connectivity index (χ0n) is 59.7. The van der Waals surface area contributed by atoms with E-state index in [1.807, 2.05) is 0 Å². The fraction of sp³-hybridized carbons (Fsp3) is 0.750. The lowest BCUT2D eigenvalue weighted by atomic mass is 9.65. The topological polar surface area (TPSA) is 97.4 Å². The maximum atomic E-state index is 11.1. The average Bonchev–Trinajstić information content (AvgIpc) is 1.11.